The minimum atomic E-state index is -3.38. The second-order valence-electron chi connectivity index (χ2n) is 11.3. The molecule has 0 saturated carbocycles. The summed E-state index contributed by atoms with van der Waals surface area (Å²) in [6, 6.07) is 12.4. The average Bonchev–Trinajstić information content (AvgIpc) is 3.03. The molecular weight excluding hydrogens is 586 g/mol. The van der Waals surface area contributed by atoms with Crippen LogP contribution in [0.15, 0.2) is 42.6 Å². The number of likely N-dealkylation sites (N-methyl/N-ethyl adjacent to an activating group) is 1. The standard InChI is InChI=1S/C31H36F2N8O4/c1-19-17-40(14-13-39(19)3)24-6-8-27(37-28(24)44-4)38-30-35-11-9-23(36-30)21-5-7-25(22(15-21)16-34)45-26-10-12-41(18-31(26,32)33)29(43)20(2)42/h5-9,11,15,19-20,26,42H,10,12-14,17-18H2,1-4H3,(H,35,36,37,38). The first kappa shape index (κ1) is 31.8. The summed E-state index contributed by atoms with van der Waals surface area (Å²) in [5.74, 6) is -2.91. The van der Waals surface area contributed by atoms with Crippen LogP contribution in [0.4, 0.5) is 26.2 Å². The number of rotatable bonds is 8. The second kappa shape index (κ2) is 13.2. The molecule has 12 nitrogen and oxygen atoms in total. The fourth-order valence-corrected chi connectivity index (χ4v) is 5.40. The van der Waals surface area contributed by atoms with Crippen molar-refractivity contribution in [3.63, 3.8) is 0 Å². The molecule has 1 aromatic carbocycles. The summed E-state index contributed by atoms with van der Waals surface area (Å²) in [6.07, 6.45) is -1.52. The molecule has 3 unspecified atom stereocenters. The second-order valence-corrected chi connectivity index (χ2v) is 11.3. The third-order valence-corrected chi connectivity index (χ3v) is 8.10. The molecule has 5 rings (SSSR count). The highest BCUT2D eigenvalue weighted by Gasteiger charge is 2.48. The molecule has 0 radical (unpaired) electrons. The number of piperazine rings is 1. The van der Waals surface area contributed by atoms with E-state index >= 15 is 0 Å². The van der Waals surface area contributed by atoms with Gasteiger partial charge in [0, 0.05) is 50.4 Å². The van der Waals surface area contributed by atoms with Crippen LogP contribution in [0.1, 0.15) is 25.8 Å². The Balaban J connectivity index is 1.30. The van der Waals surface area contributed by atoms with E-state index in [1.807, 2.05) is 18.2 Å². The predicted octanol–water partition coefficient (Wildman–Crippen LogP) is 3.30. The van der Waals surface area contributed by atoms with Crippen molar-refractivity contribution in [2.24, 2.45) is 0 Å². The maximum Gasteiger partial charge on any atom is 0.301 e. The molecule has 14 heteroatoms. The van der Waals surface area contributed by atoms with E-state index in [1.165, 1.54) is 19.1 Å². The van der Waals surface area contributed by atoms with Crippen molar-refractivity contribution in [1.29, 1.82) is 5.26 Å². The third-order valence-electron chi connectivity index (χ3n) is 8.10. The Morgan fingerprint density at radius 2 is 2.00 bits per heavy atom. The van der Waals surface area contributed by atoms with Crippen LogP contribution < -0.4 is 19.7 Å². The Hall–Kier alpha value is -4.61. The van der Waals surface area contributed by atoms with Crippen LogP contribution in [0, 0.1) is 11.3 Å². The van der Waals surface area contributed by atoms with Crippen LogP contribution in [0.5, 0.6) is 11.6 Å². The molecule has 2 aromatic heterocycles. The maximum atomic E-state index is 14.9. The van der Waals surface area contributed by atoms with E-state index in [4.69, 9.17) is 9.47 Å². The number of alkyl halides is 2. The van der Waals surface area contributed by atoms with Gasteiger partial charge in [-0.05, 0) is 57.3 Å². The molecule has 2 aliphatic heterocycles. The van der Waals surface area contributed by atoms with Crippen molar-refractivity contribution in [3.8, 4) is 29.0 Å². The number of aromatic nitrogens is 3. The number of nitrogens with one attached hydrogen (secondary N) is 1. The SMILES string of the molecule is COc1nc(Nc2nccc(-c3ccc(OC4CCN(C(=O)C(C)O)CC4(F)F)c(C#N)c3)n2)ccc1N1CCN(C)C(C)C1. The molecule has 0 spiro atoms. The summed E-state index contributed by atoms with van der Waals surface area (Å²) in [5.41, 5.74) is 2.00. The molecule has 0 aliphatic carbocycles. The zero-order valence-electron chi connectivity index (χ0n) is 25.6. The van der Waals surface area contributed by atoms with Gasteiger partial charge in [0.2, 0.25) is 11.8 Å². The number of methoxy groups -OCH3 is 1. The number of piperidine rings is 1. The van der Waals surface area contributed by atoms with Crippen LogP contribution in [0.3, 0.4) is 0 Å². The van der Waals surface area contributed by atoms with Crippen LogP contribution in [0.2, 0.25) is 0 Å². The number of hydrogen-bond donors (Lipinski definition) is 2. The van der Waals surface area contributed by atoms with Gasteiger partial charge in [-0.1, -0.05) is 0 Å². The molecule has 2 fully saturated rings. The van der Waals surface area contributed by atoms with E-state index < -0.39 is 30.6 Å². The number of amides is 1. The Bertz CT molecular complexity index is 1580. The number of pyridine rings is 1. The molecule has 2 N–H and O–H groups in total. The first-order valence-corrected chi connectivity index (χ1v) is 14.6. The van der Waals surface area contributed by atoms with Crippen LogP contribution in [-0.4, -0.2) is 107 Å². The molecular formula is C31H36F2N8O4. The number of benzene rings is 1. The minimum Gasteiger partial charge on any atom is -0.483 e. The smallest absolute Gasteiger partial charge is 0.301 e. The number of nitriles is 1. The number of carbonyl (C=O) groups excluding carboxylic acids is 1. The number of hydrogen-bond acceptors (Lipinski definition) is 11. The first-order valence-electron chi connectivity index (χ1n) is 14.6. The Labute approximate surface area is 260 Å². The summed E-state index contributed by atoms with van der Waals surface area (Å²) >= 11 is 0. The zero-order valence-corrected chi connectivity index (χ0v) is 25.6. The number of nitrogens with zero attached hydrogens (tertiary/aromatic N) is 7. The molecule has 3 aromatic rings. The lowest BCUT2D eigenvalue weighted by molar-refractivity contribution is -0.165. The molecule has 0 bridgehead atoms. The molecule has 2 aliphatic rings. The molecule has 238 valence electrons. The third kappa shape index (κ3) is 7.05. The van der Waals surface area contributed by atoms with Crippen LogP contribution in [0.25, 0.3) is 11.3 Å². The van der Waals surface area contributed by atoms with Gasteiger partial charge in [0.25, 0.3) is 5.91 Å². The lowest BCUT2D eigenvalue weighted by Gasteiger charge is -2.39. The van der Waals surface area contributed by atoms with E-state index in [0.717, 1.165) is 30.2 Å². The number of anilines is 3. The number of carbonyl (C=O) groups is 1. The van der Waals surface area contributed by atoms with Gasteiger partial charge in [0.05, 0.1) is 24.9 Å². The molecule has 1 amide bonds. The van der Waals surface area contributed by atoms with Gasteiger partial charge in [-0.15, -0.1) is 0 Å². The number of halogens is 2. The summed E-state index contributed by atoms with van der Waals surface area (Å²) < 4.78 is 41.0. The number of likely N-dealkylation sites (tertiary alicyclic amines) is 1. The first-order chi connectivity index (χ1) is 21.5. The summed E-state index contributed by atoms with van der Waals surface area (Å²) in [5, 5.41) is 22.4. The minimum absolute atomic E-state index is 0.000221. The largest absolute Gasteiger partial charge is 0.483 e. The average molecular weight is 623 g/mol. The van der Waals surface area contributed by atoms with Gasteiger partial charge in [-0.25, -0.2) is 18.7 Å². The van der Waals surface area contributed by atoms with Crippen molar-refractivity contribution in [2.75, 3.05) is 57.1 Å². The monoisotopic (exact) mass is 622 g/mol. The Morgan fingerprint density at radius 3 is 2.69 bits per heavy atom. The highest BCUT2D eigenvalue weighted by molar-refractivity contribution is 5.80. The van der Waals surface area contributed by atoms with Gasteiger partial charge in [-0.3, -0.25) is 4.79 Å². The van der Waals surface area contributed by atoms with Crippen molar-refractivity contribution < 1.29 is 28.2 Å². The topological polar surface area (TPSA) is 140 Å². The quantitative estimate of drug-likeness (QED) is 0.383. The summed E-state index contributed by atoms with van der Waals surface area (Å²) in [7, 11) is 3.69. The number of aliphatic hydroxyl groups excluding tert-OH is 1. The summed E-state index contributed by atoms with van der Waals surface area (Å²) in [6.45, 7) is 5.19. The Kier molecular flexibility index (Phi) is 9.31. The fourth-order valence-electron chi connectivity index (χ4n) is 5.40. The van der Waals surface area contributed by atoms with Crippen molar-refractivity contribution >= 4 is 23.4 Å². The highest BCUT2D eigenvalue weighted by atomic mass is 19.3. The zero-order chi connectivity index (χ0) is 32.3. The van der Waals surface area contributed by atoms with E-state index in [1.54, 1.807) is 25.4 Å². The highest BCUT2D eigenvalue weighted by Crippen LogP contribution is 2.34. The van der Waals surface area contributed by atoms with Gasteiger partial charge < -0.3 is 34.6 Å². The normalized spacial score (nSPS) is 20.7. The number of aliphatic hydroxyl groups is 1. The lowest BCUT2D eigenvalue weighted by Crippen LogP contribution is -2.56. The van der Waals surface area contributed by atoms with Crippen molar-refractivity contribution in [3.05, 3.63) is 48.2 Å². The van der Waals surface area contributed by atoms with Gasteiger partial charge in [-0.2, -0.15) is 10.2 Å². The van der Waals surface area contributed by atoms with E-state index in [9.17, 15) is 23.9 Å². The summed E-state index contributed by atoms with van der Waals surface area (Å²) in [4.78, 5) is 31.0. The lowest BCUT2D eigenvalue weighted by atomic mass is 10.0. The van der Waals surface area contributed by atoms with E-state index in [-0.39, 0.29) is 30.2 Å². The predicted molar refractivity (Wildman–Crippen MR) is 163 cm³/mol. The molecule has 2 saturated heterocycles. The molecule has 45 heavy (non-hydrogen) atoms. The van der Waals surface area contributed by atoms with Crippen molar-refractivity contribution in [2.45, 2.75) is 44.4 Å². The van der Waals surface area contributed by atoms with E-state index in [2.05, 4.69) is 44.0 Å². The number of ether oxygens (including phenoxy) is 2. The molecule has 3 atom stereocenters. The van der Waals surface area contributed by atoms with Gasteiger partial charge in [0.1, 0.15) is 29.4 Å². The van der Waals surface area contributed by atoms with Crippen LogP contribution >= 0.6 is 0 Å². The van der Waals surface area contributed by atoms with Gasteiger partial charge >= 0.3 is 5.92 Å². The van der Waals surface area contributed by atoms with Gasteiger partial charge in [0.15, 0.2) is 6.10 Å². The Morgan fingerprint density at radius 1 is 1.20 bits per heavy atom. The van der Waals surface area contributed by atoms with E-state index in [0.29, 0.717) is 29.0 Å². The molecule has 4 heterocycles. The fraction of sp³-hybridized carbons (Fsp3) is 0.452. The van der Waals surface area contributed by atoms with Crippen molar-refractivity contribution in [1.82, 2.24) is 24.8 Å². The maximum absolute atomic E-state index is 14.9. The van der Waals surface area contributed by atoms with Crippen LogP contribution in [-0.2, 0) is 4.79 Å².